The highest BCUT2D eigenvalue weighted by Gasteiger charge is 2.34. The van der Waals surface area contributed by atoms with E-state index in [2.05, 4.69) is 16.9 Å². The number of rotatable bonds is 2. The molecule has 1 aliphatic carbocycles. The molecule has 1 saturated heterocycles. The second kappa shape index (κ2) is 5.49. The van der Waals surface area contributed by atoms with Crippen molar-refractivity contribution >= 4 is 39.3 Å². The Morgan fingerprint density at radius 3 is 3.00 bits per heavy atom. The van der Waals surface area contributed by atoms with E-state index in [9.17, 15) is 4.79 Å². The molecule has 22 heavy (non-hydrogen) atoms. The maximum atomic E-state index is 11.9. The average molecular weight is 334 g/mol. The number of esters is 1. The predicted molar refractivity (Wildman–Crippen MR) is 88.4 cm³/mol. The van der Waals surface area contributed by atoms with Crippen LogP contribution in [0.2, 0.25) is 0 Å². The number of hydrogen-bond acceptors (Lipinski definition) is 6. The smallest absolute Gasteiger partial charge is 0.319 e. The van der Waals surface area contributed by atoms with E-state index in [4.69, 9.17) is 4.74 Å². The van der Waals surface area contributed by atoms with Crippen molar-refractivity contribution in [3.8, 4) is 0 Å². The molecule has 0 radical (unpaired) electrons. The predicted octanol–water partition coefficient (Wildman–Crippen LogP) is 3.61. The first kappa shape index (κ1) is 14.5. The molecule has 1 fully saturated rings. The van der Waals surface area contributed by atoms with Crippen LogP contribution in [0.4, 0.5) is 0 Å². The first-order chi connectivity index (χ1) is 10.6. The zero-order valence-electron chi connectivity index (χ0n) is 12.7. The summed E-state index contributed by atoms with van der Waals surface area (Å²) >= 11 is 3.35. The number of nitrogens with zero attached hydrogens (tertiary/aromatic N) is 2. The molecule has 0 amide bonds. The minimum atomic E-state index is -0.133. The SMILES string of the molecule is C[C@@H]1CCc2c(sc3ncnc(S[C@H]4C[C@@H](C)OC4=O)c23)C1. The lowest BCUT2D eigenvalue weighted by molar-refractivity contribution is -0.140. The third kappa shape index (κ3) is 2.42. The van der Waals surface area contributed by atoms with Crippen molar-refractivity contribution in [1.29, 1.82) is 0 Å². The highest BCUT2D eigenvalue weighted by atomic mass is 32.2. The monoisotopic (exact) mass is 334 g/mol. The number of hydrogen-bond donors (Lipinski definition) is 0. The molecule has 0 N–H and O–H groups in total. The summed E-state index contributed by atoms with van der Waals surface area (Å²) in [7, 11) is 0. The van der Waals surface area contributed by atoms with Crippen molar-refractivity contribution in [3.63, 3.8) is 0 Å². The molecule has 0 bridgehead atoms. The molecule has 0 spiro atoms. The normalized spacial score (nSPS) is 27.9. The van der Waals surface area contributed by atoms with E-state index in [1.165, 1.54) is 22.2 Å². The number of thiophene rings is 1. The molecule has 0 aromatic carbocycles. The van der Waals surface area contributed by atoms with Crippen LogP contribution in [-0.2, 0) is 22.4 Å². The number of aryl methyl sites for hydroxylation is 1. The first-order valence-electron chi connectivity index (χ1n) is 7.74. The zero-order chi connectivity index (χ0) is 15.3. The van der Waals surface area contributed by atoms with Crippen molar-refractivity contribution in [3.05, 3.63) is 16.8 Å². The number of ether oxygens (including phenoxy) is 1. The van der Waals surface area contributed by atoms with Crippen LogP contribution in [0.15, 0.2) is 11.4 Å². The number of fused-ring (bicyclic) bond motifs is 3. The van der Waals surface area contributed by atoms with E-state index in [0.29, 0.717) is 0 Å². The van der Waals surface area contributed by atoms with Gasteiger partial charge in [0.05, 0.1) is 0 Å². The van der Waals surface area contributed by atoms with Gasteiger partial charge in [-0.1, -0.05) is 18.7 Å². The van der Waals surface area contributed by atoms with E-state index < -0.39 is 0 Å². The number of carbonyl (C=O) groups is 1. The highest BCUT2D eigenvalue weighted by molar-refractivity contribution is 8.00. The van der Waals surface area contributed by atoms with E-state index >= 15 is 0 Å². The summed E-state index contributed by atoms with van der Waals surface area (Å²) in [5, 5.41) is 2.01. The largest absolute Gasteiger partial charge is 0.462 e. The Labute approximate surface area is 137 Å². The molecule has 4 nitrogen and oxygen atoms in total. The first-order valence-corrected chi connectivity index (χ1v) is 9.44. The molecule has 0 saturated carbocycles. The lowest BCUT2D eigenvalue weighted by Gasteiger charge is -2.18. The van der Waals surface area contributed by atoms with E-state index in [1.54, 1.807) is 29.4 Å². The zero-order valence-corrected chi connectivity index (χ0v) is 14.3. The lowest BCUT2D eigenvalue weighted by atomic mass is 9.89. The minimum absolute atomic E-state index is 0.0135. The molecule has 116 valence electrons. The van der Waals surface area contributed by atoms with Crippen LogP contribution in [0.5, 0.6) is 0 Å². The van der Waals surface area contributed by atoms with Crippen LogP contribution in [0.25, 0.3) is 10.2 Å². The Morgan fingerprint density at radius 1 is 1.36 bits per heavy atom. The third-order valence-electron chi connectivity index (χ3n) is 4.44. The number of cyclic esters (lactones) is 1. The van der Waals surface area contributed by atoms with Crippen molar-refractivity contribution in [2.75, 3.05) is 0 Å². The highest BCUT2D eigenvalue weighted by Crippen LogP contribution is 2.42. The van der Waals surface area contributed by atoms with E-state index in [-0.39, 0.29) is 17.3 Å². The Balaban J connectivity index is 1.73. The lowest BCUT2D eigenvalue weighted by Crippen LogP contribution is -2.11. The number of thioether (sulfide) groups is 1. The molecule has 1 aliphatic heterocycles. The third-order valence-corrected chi connectivity index (χ3v) is 6.80. The van der Waals surface area contributed by atoms with Gasteiger partial charge < -0.3 is 4.74 Å². The fourth-order valence-corrected chi connectivity index (χ4v) is 5.94. The van der Waals surface area contributed by atoms with Gasteiger partial charge in [-0.05, 0) is 37.7 Å². The van der Waals surface area contributed by atoms with Gasteiger partial charge in [-0.3, -0.25) is 4.79 Å². The summed E-state index contributed by atoms with van der Waals surface area (Å²) in [4.78, 5) is 23.4. The summed E-state index contributed by atoms with van der Waals surface area (Å²) < 4.78 is 5.27. The quantitative estimate of drug-likeness (QED) is 0.620. The van der Waals surface area contributed by atoms with Crippen LogP contribution < -0.4 is 0 Å². The van der Waals surface area contributed by atoms with Gasteiger partial charge in [0.15, 0.2) is 0 Å². The molecule has 4 rings (SSSR count). The summed E-state index contributed by atoms with van der Waals surface area (Å²) in [5.41, 5.74) is 1.42. The second-order valence-electron chi connectivity index (χ2n) is 6.30. The topological polar surface area (TPSA) is 52.1 Å². The van der Waals surface area contributed by atoms with Gasteiger partial charge in [0, 0.05) is 16.7 Å². The van der Waals surface area contributed by atoms with Gasteiger partial charge in [-0.25, -0.2) is 9.97 Å². The van der Waals surface area contributed by atoms with Gasteiger partial charge in [0.25, 0.3) is 0 Å². The van der Waals surface area contributed by atoms with Crippen LogP contribution in [0.1, 0.15) is 37.1 Å². The molecule has 3 atom stereocenters. The Hall–Kier alpha value is -1.14. The van der Waals surface area contributed by atoms with Gasteiger partial charge >= 0.3 is 5.97 Å². The fourth-order valence-electron chi connectivity index (χ4n) is 3.29. The van der Waals surface area contributed by atoms with Crippen LogP contribution >= 0.6 is 23.1 Å². The van der Waals surface area contributed by atoms with Crippen molar-refractivity contribution in [2.24, 2.45) is 5.92 Å². The van der Waals surface area contributed by atoms with Gasteiger partial charge in [0.1, 0.15) is 27.5 Å². The molecule has 2 aliphatic rings. The molecular weight excluding hydrogens is 316 g/mol. The minimum Gasteiger partial charge on any atom is -0.462 e. The van der Waals surface area contributed by atoms with Crippen molar-refractivity contribution in [1.82, 2.24) is 9.97 Å². The average Bonchev–Trinajstić information content (AvgIpc) is 2.98. The van der Waals surface area contributed by atoms with Crippen LogP contribution in [-0.4, -0.2) is 27.3 Å². The molecule has 0 unspecified atom stereocenters. The summed E-state index contributed by atoms with van der Waals surface area (Å²) in [6.45, 7) is 4.26. The van der Waals surface area contributed by atoms with Gasteiger partial charge in [-0.15, -0.1) is 11.3 Å². The fraction of sp³-hybridized carbons (Fsp3) is 0.562. The molecule has 3 heterocycles. The van der Waals surface area contributed by atoms with Gasteiger partial charge in [0.2, 0.25) is 0 Å². The Morgan fingerprint density at radius 2 is 2.23 bits per heavy atom. The van der Waals surface area contributed by atoms with Gasteiger partial charge in [-0.2, -0.15) is 0 Å². The molecular formula is C16H18N2O2S2. The molecule has 6 heteroatoms. The summed E-state index contributed by atoms with van der Waals surface area (Å²) in [5.74, 6) is 0.636. The summed E-state index contributed by atoms with van der Waals surface area (Å²) in [6.07, 6.45) is 5.87. The summed E-state index contributed by atoms with van der Waals surface area (Å²) in [6, 6.07) is 0. The van der Waals surface area contributed by atoms with E-state index in [0.717, 1.165) is 35.0 Å². The Kier molecular flexibility index (Phi) is 3.61. The van der Waals surface area contributed by atoms with Crippen molar-refractivity contribution < 1.29 is 9.53 Å². The Bertz CT molecular complexity index is 743. The molecule has 2 aromatic heterocycles. The van der Waals surface area contributed by atoms with Crippen LogP contribution in [0.3, 0.4) is 0 Å². The maximum Gasteiger partial charge on any atom is 0.319 e. The number of carbonyl (C=O) groups excluding carboxylic acids is 1. The second-order valence-corrected chi connectivity index (χ2v) is 8.58. The standard InChI is InChI=1S/C16H18N2O2S2/c1-8-3-4-10-11(5-8)21-14-13(10)15(18-7-17-14)22-12-6-9(2)20-16(12)19/h7-9,12H,3-6H2,1-2H3/t8-,9-,12+/m1/s1. The molecule has 2 aromatic rings. The van der Waals surface area contributed by atoms with Crippen LogP contribution in [0, 0.1) is 5.92 Å². The van der Waals surface area contributed by atoms with Crippen molar-refractivity contribution in [2.45, 2.75) is 55.9 Å². The number of aromatic nitrogens is 2. The maximum absolute atomic E-state index is 11.9. The van der Waals surface area contributed by atoms with E-state index in [1.807, 2.05) is 6.92 Å².